The van der Waals surface area contributed by atoms with Crippen LogP contribution in [0.1, 0.15) is 22.3 Å². The van der Waals surface area contributed by atoms with Crippen LogP contribution in [-0.4, -0.2) is 0 Å². The Balaban J connectivity index is 1.12. The fourth-order valence-corrected chi connectivity index (χ4v) is 11.1. The number of para-hydroxylation sites is 1. The van der Waals surface area contributed by atoms with E-state index in [1.165, 1.54) is 71.8 Å². The lowest BCUT2D eigenvalue weighted by atomic mass is 9.69. The van der Waals surface area contributed by atoms with Crippen molar-refractivity contribution in [3.8, 4) is 67.1 Å². The van der Waals surface area contributed by atoms with Crippen molar-refractivity contribution < 1.29 is 9.15 Å². The number of benzene rings is 10. The molecule has 1 aliphatic heterocycles. The first-order valence-corrected chi connectivity index (χ1v) is 20.4. The zero-order chi connectivity index (χ0) is 38.4. The van der Waals surface area contributed by atoms with Crippen LogP contribution < -0.4 is 4.74 Å². The molecule has 0 radical (unpaired) electrons. The molecular formula is C57H32O2. The van der Waals surface area contributed by atoms with Crippen LogP contribution in [0.3, 0.4) is 0 Å². The van der Waals surface area contributed by atoms with Crippen LogP contribution in [0, 0.1) is 0 Å². The fraction of sp³-hybridized carbons (Fsp3) is 0.0175. The number of hydrogen-bond acceptors (Lipinski definition) is 2. The minimum absolute atomic E-state index is 0.547. The van der Waals surface area contributed by atoms with Crippen LogP contribution in [0.5, 0.6) is 11.5 Å². The second-order valence-corrected chi connectivity index (χ2v) is 16.3. The summed E-state index contributed by atoms with van der Waals surface area (Å²) in [6.45, 7) is 0. The van der Waals surface area contributed by atoms with E-state index in [-0.39, 0.29) is 0 Å². The molecule has 2 nitrogen and oxygen atoms in total. The van der Waals surface area contributed by atoms with E-state index < -0.39 is 5.41 Å². The second kappa shape index (κ2) is 11.2. The maximum Gasteiger partial charge on any atom is 0.136 e. The maximum absolute atomic E-state index is 6.60. The van der Waals surface area contributed by atoms with E-state index in [9.17, 15) is 0 Å². The second-order valence-electron chi connectivity index (χ2n) is 16.3. The predicted octanol–water partition coefficient (Wildman–Crippen LogP) is 15.3. The lowest BCUT2D eigenvalue weighted by Crippen LogP contribution is -2.26. The molecule has 59 heavy (non-hydrogen) atoms. The van der Waals surface area contributed by atoms with Gasteiger partial charge in [-0.15, -0.1) is 0 Å². The molecule has 0 unspecified atom stereocenters. The number of ether oxygens (including phenoxy) is 1. The van der Waals surface area contributed by atoms with Crippen molar-refractivity contribution in [1.29, 1.82) is 0 Å². The topological polar surface area (TPSA) is 22.4 Å². The Kier molecular flexibility index (Phi) is 5.99. The zero-order valence-corrected chi connectivity index (χ0v) is 31.8. The summed E-state index contributed by atoms with van der Waals surface area (Å²) >= 11 is 0. The Morgan fingerprint density at radius 1 is 0.339 bits per heavy atom. The first-order valence-electron chi connectivity index (χ1n) is 20.4. The number of hydrogen-bond donors (Lipinski definition) is 0. The van der Waals surface area contributed by atoms with Gasteiger partial charge in [-0.05, 0) is 137 Å². The first kappa shape index (κ1) is 31.4. The standard InChI is InChI=1S/C57H32O2/c1-2-14-38-33(11-1)23-27-44-55-45(36-24-26-42-41-17-5-8-21-50(41)59-53(42)32-36)30-37(35-25-28-51-46(29-35)43-18-9-12-34-13-10-22-52(58-51)54(34)43)31-49(55)57(56(38)44)47-19-6-3-15-39(47)40-16-4-7-20-48(40)57/h1-32H. The van der Waals surface area contributed by atoms with Gasteiger partial charge >= 0.3 is 0 Å². The first-order chi connectivity index (χ1) is 29.2. The van der Waals surface area contributed by atoms with E-state index in [4.69, 9.17) is 9.15 Å². The third-order valence-electron chi connectivity index (χ3n) is 13.4. The molecule has 11 aromatic rings. The molecule has 0 bridgehead atoms. The number of rotatable bonds is 2. The van der Waals surface area contributed by atoms with Gasteiger partial charge in [0.1, 0.15) is 22.7 Å². The smallest absolute Gasteiger partial charge is 0.136 e. The predicted molar refractivity (Wildman–Crippen MR) is 241 cm³/mol. The van der Waals surface area contributed by atoms with Crippen LogP contribution in [-0.2, 0) is 5.41 Å². The molecule has 10 aromatic carbocycles. The number of furan rings is 1. The van der Waals surface area contributed by atoms with Gasteiger partial charge < -0.3 is 9.15 Å². The molecule has 0 saturated heterocycles. The summed E-state index contributed by atoms with van der Waals surface area (Å²) in [6, 6.07) is 71.5. The maximum atomic E-state index is 6.60. The van der Waals surface area contributed by atoms with Crippen LogP contribution in [0.2, 0.25) is 0 Å². The van der Waals surface area contributed by atoms with E-state index in [0.29, 0.717) is 0 Å². The summed E-state index contributed by atoms with van der Waals surface area (Å²) < 4.78 is 13.2. The summed E-state index contributed by atoms with van der Waals surface area (Å²) in [5, 5.41) is 7.13. The van der Waals surface area contributed by atoms with Gasteiger partial charge in [0.25, 0.3) is 0 Å². The molecule has 0 atom stereocenters. The van der Waals surface area contributed by atoms with Crippen molar-refractivity contribution in [3.63, 3.8) is 0 Å². The zero-order valence-electron chi connectivity index (χ0n) is 31.8. The minimum Gasteiger partial charge on any atom is -0.456 e. The third kappa shape index (κ3) is 4.00. The monoisotopic (exact) mass is 748 g/mol. The van der Waals surface area contributed by atoms with Gasteiger partial charge in [-0.25, -0.2) is 0 Å². The molecule has 3 aliphatic rings. The Morgan fingerprint density at radius 2 is 1.02 bits per heavy atom. The van der Waals surface area contributed by atoms with E-state index in [0.717, 1.165) is 61.1 Å². The van der Waals surface area contributed by atoms with Gasteiger partial charge in [0.15, 0.2) is 0 Å². The fourth-order valence-electron chi connectivity index (χ4n) is 11.1. The molecule has 1 spiro atoms. The van der Waals surface area contributed by atoms with Crippen molar-refractivity contribution in [2.75, 3.05) is 0 Å². The van der Waals surface area contributed by atoms with Crippen molar-refractivity contribution in [3.05, 3.63) is 216 Å². The molecule has 0 amide bonds. The molecular weight excluding hydrogens is 717 g/mol. The highest BCUT2D eigenvalue weighted by Crippen LogP contribution is 2.66. The third-order valence-corrected chi connectivity index (χ3v) is 13.4. The van der Waals surface area contributed by atoms with E-state index in [1.54, 1.807) is 0 Å². The Hall–Kier alpha value is -7.68. The highest BCUT2D eigenvalue weighted by Gasteiger charge is 2.53. The Labute approximate surface area is 340 Å². The summed E-state index contributed by atoms with van der Waals surface area (Å²) in [7, 11) is 0. The van der Waals surface area contributed by atoms with Gasteiger partial charge in [-0.1, -0.05) is 146 Å². The van der Waals surface area contributed by atoms with Crippen LogP contribution in [0.25, 0.3) is 99.1 Å². The largest absolute Gasteiger partial charge is 0.456 e. The molecule has 0 N–H and O–H groups in total. The average Bonchev–Trinajstić information content (AvgIpc) is 3.92. The van der Waals surface area contributed by atoms with Crippen LogP contribution >= 0.6 is 0 Å². The normalized spacial score (nSPS) is 13.7. The molecule has 1 aromatic heterocycles. The van der Waals surface area contributed by atoms with Gasteiger partial charge in [-0.2, -0.15) is 0 Å². The summed E-state index contributed by atoms with van der Waals surface area (Å²) in [5.74, 6) is 1.79. The molecule has 0 saturated carbocycles. The molecule has 14 rings (SSSR count). The van der Waals surface area contributed by atoms with Gasteiger partial charge in [0, 0.05) is 21.7 Å². The highest BCUT2D eigenvalue weighted by atomic mass is 16.5. The van der Waals surface area contributed by atoms with Crippen molar-refractivity contribution in [1.82, 2.24) is 0 Å². The van der Waals surface area contributed by atoms with Crippen molar-refractivity contribution >= 4 is 43.5 Å². The van der Waals surface area contributed by atoms with E-state index in [1.807, 2.05) is 6.07 Å². The van der Waals surface area contributed by atoms with Gasteiger partial charge in [-0.3, -0.25) is 0 Å². The summed E-state index contributed by atoms with van der Waals surface area (Å²) in [4.78, 5) is 0. The van der Waals surface area contributed by atoms with Crippen molar-refractivity contribution in [2.24, 2.45) is 0 Å². The minimum atomic E-state index is -0.547. The quantitative estimate of drug-likeness (QED) is 0.176. The lowest BCUT2D eigenvalue weighted by Gasteiger charge is -2.32. The molecule has 272 valence electrons. The molecule has 0 fully saturated rings. The Morgan fingerprint density at radius 3 is 1.88 bits per heavy atom. The highest BCUT2D eigenvalue weighted by molar-refractivity contribution is 6.10. The van der Waals surface area contributed by atoms with Gasteiger partial charge in [0.2, 0.25) is 0 Å². The van der Waals surface area contributed by atoms with Crippen molar-refractivity contribution in [2.45, 2.75) is 5.41 Å². The van der Waals surface area contributed by atoms with E-state index >= 15 is 0 Å². The van der Waals surface area contributed by atoms with E-state index in [2.05, 4.69) is 188 Å². The SMILES string of the molecule is c1ccc2c(c1)-c1ccccc1C21c2cc(-c3ccc4c(c3)-c3cccc5cccc(c35)O4)cc(-c3ccc4c(c3)oc3ccccc34)c2-c2ccc3ccccc3c21. The average molecular weight is 749 g/mol. The van der Waals surface area contributed by atoms with Gasteiger partial charge in [0.05, 0.1) is 5.41 Å². The summed E-state index contributed by atoms with van der Waals surface area (Å²) in [5.41, 5.74) is 18.6. The Bertz CT molecular complexity index is 3610. The van der Waals surface area contributed by atoms with Crippen LogP contribution in [0.15, 0.2) is 199 Å². The summed E-state index contributed by atoms with van der Waals surface area (Å²) in [6.07, 6.45) is 0. The van der Waals surface area contributed by atoms with Crippen LogP contribution in [0.4, 0.5) is 0 Å². The molecule has 2 aliphatic carbocycles. The molecule has 2 heterocycles. The molecule has 2 heteroatoms. The number of fused-ring (bicyclic) bond motifs is 17. The lowest BCUT2D eigenvalue weighted by molar-refractivity contribution is 0.487.